The molecule has 162 valence electrons. The van der Waals surface area contributed by atoms with Crippen molar-refractivity contribution in [3.05, 3.63) is 95.1 Å². The first-order valence-electron chi connectivity index (χ1n) is 10.1. The highest BCUT2D eigenvalue weighted by atomic mass is 19.1. The number of hydrogen-bond donors (Lipinski definition) is 1. The van der Waals surface area contributed by atoms with E-state index in [1.54, 1.807) is 42.7 Å². The van der Waals surface area contributed by atoms with Crippen molar-refractivity contribution < 1.29 is 23.8 Å². The number of aryl methyl sites for hydroxylation is 1. The van der Waals surface area contributed by atoms with Gasteiger partial charge >= 0.3 is 0 Å². The molecule has 1 N–H and O–H groups in total. The van der Waals surface area contributed by atoms with Crippen LogP contribution < -0.4 is 9.64 Å². The van der Waals surface area contributed by atoms with Crippen molar-refractivity contribution in [2.45, 2.75) is 19.9 Å². The lowest BCUT2D eigenvalue weighted by Crippen LogP contribution is -2.29. The largest absolute Gasteiger partial charge is 0.507 e. The fraction of sp³-hybridized carbons (Fsp3) is 0.160. The molecule has 2 heterocycles. The molecule has 2 aromatic carbocycles. The molecule has 3 aromatic rings. The number of ether oxygens (including phenoxy) is 1. The van der Waals surface area contributed by atoms with Crippen LogP contribution in [0.5, 0.6) is 5.75 Å². The third-order valence-electron chi connectivity index (χ3n) is 5.32. The van der Waals surface area contributed by atoms with Crippen molar-refractivity contribution in [2.75, 3.05) is 11.5 Å². The van der Waals surface area contributed by atoms with E-state index in [1.807, 2.05) is 13.8 Å². The highest BCUT2D eigenvalue weighted by Gasteiger charge is 2.47. The number of nitrogens with zero attached hydrogens (tertiary/aromatic N) is 2. The summed E-state index contributed by atoms with van der Waals surface area (Å²) >= 11 is 0. The van der Waals surface area contributed by atoms with Crippen LogP contribution in [0.25, 0.3) is 5.76 Å². The van der Waals surface area contributed by atoms with Gasteiger partial charge in [-0.05, 0) is 79.6 Å². The zero-order chi connectivity index (χ0) is 22.8. The lowest BCUT2D eigenvalue weighted by Gasteiger charge is -2.25. The van der Waals surface area contributed by atoms with E-state index in [4.69, 9.17) is 4.74 Å². The Morgan fingerprint density at radius 2 is 1.78 bits per heavy atom. The van der Waals surface area contributed by atoms with Crippen LogP contribution >= 0.6 is 0 Å². The van der Waals surface area contributed by atoms with Crippen molar-refractivity contribution in [1.82, 2.24) is 4.98 Å². The molecule has 1 aromatic heterocycles. The average Bonchev–Trinajstić information content (AvgIpc) is 3.06. The van der Waals surface area contributed by atoms with E-state index in [-0.39, 0.29) is 11.3 Å². The standard InChI is InChI=1S/C25H21FN2O4/c1-3-32-20-9-4-17(14-15(20)2)23(29)21-22(16-10-12-27-13-11-16)28(25(31)24(21)30)19-7-5-18(26)6-8-19/h4-14,22,29H,3H2,1-2H3/b23-21-. The molecule has 1 aliphatic heterocycles. The van der Waals surface area contributed by atoms with Crippen LogP contribution in [-0.4, -0.2) is 28.4 Å². The molecule has 4 rings (SSSR count). The van der Waals surface area contributed by atoms with Gasteiger partial charge < -0.3 is 9.84 Å². The zero-order valence-electron chi connectivity index (χ0n) is 17.6. The molecule has 6 nitrogen and oxygen atoms in total. The Hall–Kier alpha value is -4.00. The topological polar surface area (TPSA) is 79.7 Å². The first kappa shape index (κ1) is 21.2. The van der Waals surface area contributed by atoms with E-state index in [2.05, 4.69) is 4.98 Å². The van der Waals surface area contributed by atoms with Crippen LogP contribution in [0, 0.1) is 12.7 Å². The second-order valence-corrected chi connectivity index (χ2v) is 7.34. The molecule has 0 radical (unpaired) electrons. The van der Waals surface area contributed by atoms with Crippen molar-refractivity contribution in [1.29, 1.82) is 0 Å². The fourth-order valence-electron chi connectivity index (χ4n) is 3.83. The van der Waals surface area contributed by atoms with Crippen LogP contribution in [0.4, 0.5) is 10.1 Å². The number of pyridine rings is 1. The highest BCUT2D eigenvalue weighted by Crippen LogP contribution is 2.42. The van der Waals surface area contributed by atoms with Crippen molar-refractivity contribution in [3.63, 3.8) is 0 Å². The van der Waals surface area contributed by atoms with Gasteiger partial charge in [0.2, 0.25) is 0 Å². The quantitative estimate of drug-likeness (QED) is 0.363. The summed E-state index contributed by atoms with van der Waals surface area (Å²) in [6.45, 7) is 4.20. The van der Waals surface area contributed by atoms with Crippen molar-refractivity contribution in [2.24, 2.45) is 0 Å². The smallest absolute Gasteiger partial charge is 0.300 e. The molecule has 1 amide bonds. The van der Waals surface area contributed by atoms with Crippen LogP contribution in [0.3, 0.4) is 0 Å². The van der Waals surface area contributed by atoms with Gasteiger partial charge in [0.1, 0.15) is 17.3 Å². The van der Waals surface area contributed by atoms with Crippen LogP contribution in [0.1, 0.15) is 29.7 Å². The lowest BCUT2D eigenvalue weighted by molar-refractivity contribution is -0.132. The van der Waals surface area contributed by atoms with Crippen molar-refractivity contribution >= 4 is 23.1 Å². The predicted molar refractivity (Wildman–Crippen MR) is 118 cm³/mol. The maximum Gasteiger partial charge on any atom is 0.300 e. The number of anilines is 1. The predicted octanol–water partition coefficient (Wildman–Crippen LogP) is 4.55. The van der Waals surface area contributed by atoms with Crippen molar-refractivity contribution in [3.8, 4) is 5.75 Å². The van der Waals surface area contributed by atoms with E-state index >= 15 is 0 Å². The van der Waals surface area contributed by atoms with Gasteiger partial charge in [0.15, 0.2) is 0 Å². The Labute approximate surface area is 184 Å². The van der Waals surface area contributed by atoms with Crippen LogP contribution in [-0.2, 0) is 9.59 Å². The molecule has 1 fully saturated rings. The number of halogens is 1. The number of rotatable bonds is 5. The summed E-state index contributed by atoms with van der Waals surface area (Å²) in [6.07, 6.45) is 3.09. The van der Waals surface area contributed by atoms with Crippen LogP contribution in [0.2, 0.25) is 0 Å². The Kier molecular flexibility index (Phi) is 5.73. The second kappa shape index (κ2) is 8.63. The number of aliphatic hydroxyl groups is 1. The summed E-state index contributed by atoms with van der Waals surface area (Å²) in [6, 6.07) is 12.8. The number of Topliss-reactive ketones (excluding diaryl/α,β-unsaturated/α-hetero) is 1. The maximum absolute atomic E-state index is 13.5. The minimum atomic E-state index is -0.893. The van der Waals surface area contributed by atoms with Gasteiger partial charge in [0.05, 0.1) is 18.2 Å². The van der Waals surface area contributed by atoms with E-state index in [0.29, 0.717) is 29.2 Å². The fourth-order valence-corrected chi connectivity index (χ4v) is 3.83. The second-order valence-electron chi connectivity index (χ2n) is 7.34. The minimum Gasteiger partial charge on any atom is -0.507 e. The number of hydrogen-bond acceptors (Lipinski definition) is 5. The Morgan fingerprint density at radius 1 is 1.09 bits per heavy atom. The number of benzene rings is 2. The number of carbonyl (C=O) groups excluding carboxylic acids is 2. The third kappa shape index (κ3) is 3.73. The summed E-state index contributed by atoms with van der Waals surface area (Å²) in [5.74, 6) is -1.71. The molecule has 0 saturated carbocycles. The maximum atomic E-state index is 13.5. The molecule has 1 unspecified atom stereocenters. The zero-order valence-corrected chi connectivity index (χ0v) is 17.6. The Balaban J connectivity index is 1.89. The van der Waals surface area contributed by atoms with Gasteiger partial charge in [-0.15, -0.1) is 0 Å². The SMILES string of the molecule is CCOc1ccc(/C(O)=C2/C(=O)C(=O)N(c3ccc(F)cc3)C2c2ccncc2)cc1C. The number of aromatic nitrogens is 1. The molecule has 1 saturated heterocycles. The first-order chi connectivity index (χ1) is 15.4. The van der Waals surface area contributed by atoms with Gasteiger partial charge in [0, 0.05) is 23.6 Å². The first-order valence-corrected chi connectivity index (χ1v) is 10.1. The molecular weight excluding hydrogens is 411 g/mol. The van der Waals surface area contributed by atoms with Gasteiger partial charge in [0.25, 0.3) is 11.7 Å². The summed E-state index contributed by atoms with van der Waals surface area (Å²) in [5.41, 5.74) is 2.06. The molecule has 1 aliphatic rings. The van der Waals surface area contributed by atoms with Gasteiger partial charge in [-0.2, -0.15) is 0 Å². The van der Waals surface area contributed by atoms with Gasteiger partial charge in [-0.3, -0.25) is 19.5 Å². The van der Waals surface area contributed by atoms with Gasteiger partial charge in [-0.1, -0.05) is 0 Å². The summed E-state index contributed by atoms with van der Waals surface area (Å²) in [5, 5.41) is 11.2. The van der Waals surface area contributed by atoms with Gasteiger partial charge in [-0.25, -0.2) is 4.39 Å². The summed E-state index contributed by atoms with van der Waals surface area (Å²) < 4.78 is 19.0. The number of aliphatic hydroxyl groups excluding tert-OH is 1. The summed E-state index contributed by atoms with van der Waals surface area (Å²) in [4.78, 5) is 31.4. The lowest BCUT2D eigenvalue weighted by atomic mass is 9.95. The van der Waals surface area contributed by atoms with Crippen LogP contribution in [0.15, 0.2) is 72.6 Å². The molecule has 7 heteroatoms. The highest BCUT2D eigenvalue weighted by molar-refractivity contribution is 6.51. The Bertz CT molecular complexity index is 1210. The number of amides is 1. The summed E-state index contributed by atoms with van der Waals surface area (Å²) in [7, 11) is 0. The van der Waals surface area contributed by atoms with E-state index in [0.717, 1.165) is 5.56 Å². The molecule has 0 bridgehead atoms. The minimum absolute atomic E-state index is 0.0471. The average molecular weight is 432 g/mol. The Morgan fingerprint density at radius 3 is 2.41 bits per heavy atom. The van der Waals surface area contributed by atoms with E-state index in [9.17, 15) is 19.1 Å². The normalized spacial score (nSPS) is 17.6. The third-order valence-corrected chi connectivity index (χ3v) is 5.32. The molecule has 32 heavy (non-hydrogen) atoms. The molecule has 0 aliphatic carbocycles. The van der Waals surface area contributed by atoms with E-state index in [1.165, 1.54) is 29.2 Å². The monoisotopic (exact) mass is 432 g/mol. The number of carbonyl (C=O) groups is 2. The molecular formula is C25H21FN2O4. The molecule has 1 atom stereocenters. The number of ketones is 1. The van der Waals surface area contributed by atoms with E-state index < -0.39 is 23.5 Å². The molecule has 0 spiro atoms.